The van der Waals surface area contributed by atoms with Crippen LogP contribution in [0.5, 0.6) is 0 Å². The highest BCUT2D eigenvalue weighted by atomic mass is 79.9. The third-order valence-corrected chi connectivity index (χ3v) is 4.94. The first-order valence-corrected chi connectivity index (χ1v) is 9.07. The normalized spacial score (nSPS) is 15.2. The van der Waals surface area contributed by atoms with Crippen LogP contribution in [-0.2, 0) is 5.41 Å². The minimum Gasteiger partial charge on any atom is -0.409 e. The summed E-state index contributed by atoms with van der Waals surface area (Å²) in [7, 11) is 0. The molecule has 1 saturated carbocycles. The lowest BCUT2D eigenvalue weighted by molar-refractivity contribution is 0.538. The van der Waals surface area contributed by atoms with Crippen molar-refractivity contribution in [1.82, 2.24) is 15.2 Å². The van der Waals surface area contributed by atoms with Crippen molar-refractivity contribution >= 4 is 26.8 Å². The molecule has 0 aliphatic heterocycles. The molecular weight excluding hydrogens is 366 g/mol. The second-order valence-electron chi connectivity index (χ2n) is 7.67. The maximum atomic E-state index is 5.50. The van der Waals surface area contributed by atoms with Gasteiger partial charge in [0.1, 0.15) is 5.69 Å². The quantitative estimate of drug-likeness (QED) is 0.581. The van der Waals surface area contributed by atoms with E-state index in [1.165, 1.54) is 34.9 Å². The van der Waals surface area contributed by atoms with E-state index in [2.05, 4.69) is 66.0 Å². The Morgan fingerprint density at radius 2 is 1.88 bits per heavy atom. The van der Waals surface area contributed by atoms with Crippen LogP contribution in [0.4, 0.5) is 0 Å². The first-order valence-electron chi connectivity index (χ1n) is 8.28. The summed E-state index contributed by atoms with van der Waals surface area (Å²) < 4.78 is 5.50. The lowest BCUT2D eigenvalue weighted by Crippen LogP contribution is -2.13. The Morgan fingerprint density at radius 3 is 2.46 bits per heavy atom. The van der Waals surface area contributed by atoms with E-state index >= 15 is 0 Å². The van der Waals surface area contributed by atoms with E-state index < -0.39 is 0 Å². The van der Waals surface area contributed by atoms with Crippen molar-refractivity contribution in [2.24, 2.45) is 0 Å². The zero-order valence-electron chi connectivity index (χ0n) is 14.4. The summed E-state index contributed by atoms with van der Waals surface area (Å²) in [5, 5.41) is 9.16. The number of aromatic nitrogens is 3. The Labute approximate surface area is 149 Å². The highest BCUT2D eigenvalue weighted by Gasteiger charge is 2.28. The van der Waals surface area contributed by atoms with Crippen molar-refractivity contribution in [2.75, 3.05) is 0 Å². The lowest BCUT2D eigenvalue weighted by atomic mass is 9.83. The smallest absolute Gasteiger partial charge is 0.285 e. The number of hydrogen-bond acceptors (Lipinski definition) is 4. The SMILES string of the molecule is Cc1cc(-c2nnc(Br)o2)nc2c(C(C)(C)C)cc(C3CC3)cc12. The van der Waals surface area contributed by atoms with Crippen LogP contribution < -0.4 is 0 Å². The molecule has 0 unspecified atom stereocenters. The van der Waals surface area contributed by atoms with Crippen LogP contribution in [-0.4, -0.2) is 15.2 Å². The van der Waals surface area contributed by atoms with Gasteiger partial charge in [0.05, 0.1) is 5.52 Å². The Balaban J connectivity index is 2.00. The number of pyridine rings is 1. The van der Waals surface area contributed by atoms with Crippen molar-refractivity contribution in [3.8, 4) is 11.6 Å². The van der Waals surface area contributed by atoms with Crippen LogP contribution in [0, 0.1) is 6.92 Å². The Morgan fingerprint density at radius 1 is 1.12 bits per heavy atom. The molecule has 1 fully saturated rings. The molecule has 4 rings (SSSR count). The topological polar surface area (TPSA) is 51.8 Å². The first-order chi connectivity index (χ1) is 11.3. The molecule has 3 aromatic rings. The van der Waals surface area contributed by atoms with Crippen LogP contribution in [0.3, 0.4) is 0 Å². The average molecular weight is 386 g/mol. The Kier molecular flexibility index (Phi) is 3.53. The molecule has 1 aliphatic carbocycles. The van der Waals surface area contributed by atoms with E-state index in [4.69, 9.17) is 9.40 Å². The second kappa shape index (κ2) is 5.38. The molecule has 2 heterocycles. The predicted molar refractivity (Wildman–Crippen MR) is 98.1 cm³/mol. The van der Waals surface area contributed by atoms with Gasteiger partial charge in [-0.15, -0.1) is 10.2 Å². The fraction of sp³-hybridized carbons (Fsp3) is 0.421. The summed E-state index contributed by atoms with van der Waals surface area (Å²) in [4.78, 5) is 5.26. The lowest BCUT2D eigenvalue weighted by Gasteiger charge is -2.23. The van der Waals surface area contributed by atoms with E-state index in [0.29, 0.717) is 10.7 Å². The molecule has 0 radical (unpaired) electrons. The number of aryl methyl sites for hydroxylation is 1. The van der Waals surface area contributed by atoms with Gasteiger partial charge in [0, 0.05) is 21.3 Å². The van der Waals surface area contributed by atoms with Gasteiger partial charge in [0.25, 0.3) is 10.7 Å². The molecule has 1 aliphatic rings. The van der Waals surface area contributed by atoms with Gasteiger partial charge < -0.3 is 4.42 Å². The summed E-state index contributed by atoms with van der Waals surface area (Å²) in [6.07, 6.45) is 2.60. The van der Waals surface area contributed by atoms with Gasteiger partial charge >= 0.3 is 0 Å². The molecule has 2 aromatic heterocycles. The van der Waals surface area contributed by atoms with Crippen LogP contribution in [0.15, 0.2) is 27.4 Å². The molecule has 4 nitrogen and oxygen atoms in total. The fourth-order valence-electron chi connectivity index (χ4n) is 3.16. The van der Waals surface area contributed by atoms with Gasteiger partial charge in [-0.2, -0.15) is 0 Å². The van der Waals surface area contributed by atoms with E-state index in [0.717, 1.165) is 17.1 Å². The molecular formula is C19H20BrN3O. The predicted octanol–water partition coefficient (Wildman–Crippen LogP) is 5.53. The first kappa shape index (κ1) is 15.8. The van der Waals surface area contributed by atoms with Crippen LogP contribution in [0.25, 0.3) is 22.5 Å². The minimum absolute atomic E-state index is 0.0244. The number of halogens is 1. The molecule has 0 saturated heterocycles. The van der Waals surface area contributed by atoms with Gasteiger partial charge in [-0.1, -0.05) is 26.8 Å². The zero-order chi connectivity index (χ0) is 17.1. The summed E-state index contributed by atoms with van der Waals surface area (Å²) in [6.45, 7) is 8.85. The fourth-order valence-corrected chi connectivity index (χ4v) is 3.39. The highest BCUT2D eigenvalue weighted by molar-refractivity contribution is 9.10. The molecule has 1 aromatic carbocycles. The number of benzene rings is 1. The van der Waals surface area contributed by atoms with Gasteiger partial charge in [-0.05, 0) is 59.9 Å². The maximum Gasteiger partial charge on any atom is 0.285 e. The van der Waals surface area contributed by atoms with Crippen molar-refractivity contribution in [3.05, 3.63) is 39.7 Å². The number of nitrogens with zero attached hydrogens (tertiary/aromatic N) is 3. The van der Waals surface area contributed by atoms with E-state index in [-0.39, 0.29) is 5.41 Å². The van der Waals surface area contributed by atoms with Crippen LogP contribution >= 0.6 is 15.9 Å². The minimum atomic E-state index is 0.0244. The van der Waals surface area contributed by atoms with Gasteiger partial charge in [0.15, 0.2) is 0 Å². The highest BCUT2D eigenvalue weighted by Crippen LogP contribution is 2.43. The zero-order valence-corrected chi connectivity index (χ0v) is 15.9. The molecule has 0 spiro atoms. The van der Waals surface area contributed by atoms with Crippen LogP contribution in [0.1, 0.15) is 56.2 Å². The Hall–Kier alpha value is -1.75. The van der Waals surface area contributed by atoms with E-state index in [9.17, 15) is 0 Å². The van der Waals surface area contributed by atoms with E-state index in [1.807, 2.05) is 6.07 Å². The molecule has 5 heteroatoms. The largest absolute Gasteiger partial charge is 0.409 e. The summed E-state index contributed by atoms with van der Waals surface area (Å²) >= 11 is 3.21. The summed E-state index contributed by atoms with van der Waals surface area (Å²) in [6, 6.07) is 6.70. The monoisotopic (exact) mass is 385 g/mol. The third kappa shape index (κ3) is 2.75. The van der Waals surface area contributed by atoms with Crippen molar-refractivity contribution in [2.45, 2.75) is 51.9 Å². The number of fused-ring (bicyclic) bond motifs is 1. The van der Waals surface area contributed by atoms with E-state index in [1.54, 1.807) is 0 Å². The molecule has 0 amide bonds. The molecule has 24 heavy (non-hydrogen) atoms. The number of hydrogen-bond donors (Lipinski definition) is 0. The molecule has 124 valence electrons. The Bertz CT molecular complexity index is 936. The van der Waals surface area contributed by atoms with Gasteiger partial charge in [-0.25, -0.2) is 4.98 Å². The summed E-state index contributed by atoms with van der Waals surface area (Å²) in [5.41, 5.74) is 5.71. The second-order valence-corrected chi connectivity index (χ2v) is 8.35. The molecule has 0 atom stereocenters. The standard InChI is InChI=1S/C19H20BrN3O/c1-10-7-15(17-22-23-18(20)24-17)21-16-13(10)8-12(11-5-6-11)9-14(16)19(2,3)4/h7-9,11H,5-6H2,1-4H3. The van der Waals surface area contributed by atoms with Gasteiger partial charge in [-0.3, -0.25) is 0 Å². The maximum absolute atomic E-state index is 5.50. The van der Waals surface area contributed by atoms with Crippen molar-refractivity contribution < 1.29 is 4.42 Å². The molecule has 0 bridgehead atoms. The van der Waals surface area contributed by atoms with Crippen molar-refractivity contribution in [3.63, 3.8) is 0 Å². The molecule has 0 N–H and O–H groups in total. The average Bonchev–Trinajstić information content (AvgIpc) is 3.27. The van der Waals surface area contributed by atoms with Crippen LogP contribution in [0.2, 0.25) is 0 Å². The van der Waals surface area contributed by atoms with Gasteiger partial charge in [0.2, 0.25) is 0 Å². The third-order valence-electron chi connectivity index (χ3n) is 4.62. The number of rotatable bonds is 2. The summed E-state index contributed by atoms with van der Waals surface area (Å²) in [5.74, 6) is 1.17. The van der Waals surface area contributed by atoms with Crippen molar-refractivity contribution in [1.29, 1.82) is 0 Å².